The van der Waals surface area contributed by atoms with Gasteiger partial charge in [0.2, 0.25) is 0 Å². The molecule has 0 aliphatic carbocycles. The molecule has 0 atom stereocenters. The van der Waals surface area contributed by atoms with Crippen molar-refractivity contribution in [2.24, 2.45) is 0 Å². The Balaban J connectivity index is 2.11. The van der Waals surface area contributed by atoms with Gasteiger partial charge in [0.05, 0.1) is 17.8 Å². The summed E-state index contributed by atoms with van der Waals surface area (Å²) in [6.07, 6.45) is 0. The number of nitriles is 1. The number of piperazine rings is 1. The number of hydrogen-bond donors (Lipinski definition) is 1. The van der Waals surface area contributed by atoms with Crippen molar-refractivity contribution in [3.8, 4) is 6.07 Å². The van der Waals surface area contributed by atoms with Gasteiger partial charge >= 0.3 is 5.97 Å². The van der Waals surface area contributed by atoms with Crippen molar-refractivity contribution in [3.05, 3.63) is 23.8 Å². The number of carboxylic acid groups (broad SMARTS) is 1. The molecule has 112 valence electrons. The molecule has 1 saturated heterocycles. The number of rotatable bonds is 5. The summed E-state index contributed by atoms with van der Waals surface area (Å²) in [5, 5.41) is 18.3. The van der Waals surface area contributed by atoms with Crippen LogP contribution in [0.2, 0.25) is 0 Å². The zero-order chi connectivity index (χ0) is 15.2. The number of carboxylic acids is 1. The molecule has 1 heterocycles. The highest BCUT2D eigenvalue weighted by molar-refractivity contribution is 7.99. The van der Waals surface area contributed by atoms with E-state index in [0.29, 0.717) is 13.1 Å². The van der Waals surface area contributed by atoms with Gasteiger partial charge in [0.1, 0.15) is 6.07 Å². The Labute approximate surface area is 129 Å². The van der Waals surface area contributed by atoms with Gasteiger partial charge in [-0.25, -0.2) is 0 Å². The first kappa shape index (κ1) is 15.7. The number of hydrogen-bond acceptors (Lipinski definition) is 5. The summed E-state index contributed by atoms with van der Waals surface area (Å²) in [7, 11) is 0. The van der Waals surface area contributed by atoms with Crippen LogP contribution in [0.5, 0.6) is 0 Å². The molecule has 1 aliphatic rings. The summed E-state index contributed by atoms with van der Waals surface area (Å²) in [4.78, 5) is 15.9. The van der Waals surface area contributed by atoms with Crippen molar-refractivity contribution in [1.82, 2.24) is 4.90 Å². The van der Waals surface area contributed by atoms with E-state index >= 15 is 0 Å². The number of carbonyl (C=O) groups is 1. The Morgan fingerprint density at radius 2 is 2.10 bits per heavy atom. The molecule has 0 aromatic heterocycles. The van der Waals surface area contributed by atoms with E-state index in [4.69, 9.17) is 5.11 Å². The van der Waals surface area contributed by atoms with Crippen LogP contribution in [0, 0.1) is 11.3 Å². The minimum Gasteiger partial charge on any atom is -0.480 e. The highest BCUT2D eigenvalue weighted by atomic mass is 32.2. The van der Waals surface area contributed by atoms with Crippen molar-refractivity contribution in [2.45, 2.75) is 11.8 Å². The average molecular weight is 305 g/mol. The summed E-state index contributed by atoms with van der Waals surface area (Å²) < 4.78 is 0. The van der Waals surface area contributed by atoms with E-state index in [1.165, 1.54) is 0 Å². The second kappa shape index (κ2) is 7.34. The van der Waals surface area contributed by atoms with E-state index in [2.05, 4.69) is 17.9 Å². The van der Waals surface area contributed by atoms with Crippen LogP contribution in [0.3, 0.4) is 0 Å². The van der Waals surface area contributed by atoms with Gasteiger partial charge in [-0.2, -0.15) is 5.26 Å². The van der Waals surface area contributed by atoms with E-state index in [-0.39, 0.29) is 6.54 Å². The number of thioether (sulfide) groups is 1. The highest BCUT2D eigenvalue weighted by Gasteiger charge is 2.21. The molecule has 0 radical (unpaired) electrons. The lowest BCUT2D eigenvalue weighted by Gasteiger charge is -2.35. The molecule has 1 aromatic carbocycles. The Hall–Kier alpha value is -1.71. The quantitative estimate of drug-likeness (QED) is 0.838. The molecule has 0 unspecified atom stereocenters. The molecule has 0 spiro atoms. The van der Waals surface area contributed by atoms with Crippen LogP contribution in [0.4, 0.5) is 5.69 Å². The number of aliphatic carboxylic acids is 1. The van der Waals surface area contributed by atoms with Crippen LogP contribution < -0.4 is 4.90 Å². The standard InChI is InChI=1S/C15H19N3O2S/c1-2-21-14-5-3-4-13(12(14)10-16)18-8-6-17(7-9-18)11-15(19)20/h3-5H,2,6-9,11H2,1H3,(H,19,20). The molecular weight excluding hydrogens is 286 g/mol. The van der Waals surface area contributed by atoms with Gasteiger partial charge in [0.15, 0.2) is 0 Å². The molecule has 0 amide bonds. The summed E-state index contributed by atoms with van der Waals surface area (Å²) in [5.74, 6) is 0.146. The third-order valence-corrected chi connectivity index (χ3v) is 4.43. The van der Waals surface area contributed by atoms with Gasteiger partial charge in [-0.1, -0.05) is 13.0 Å². The summed E-state index contributed by atoms with van der Waals surface area (Å²) in [6, 6.07) is 8.26. The van der Waals surface area contributed by atoms with Gasteiger partial charge < -0.3 is 10.0 Å². The van der Waals surface area contributed by atoms with Gasteiger partial charge in [-0.15, -0.1) is 11.8 Å². The van der Waals surface area contributed by atoms with Crippen molar-refractivity contribution in [1.29, 1.82) is 5.26 Å². The predicted molar refractivity (Wildman–Crippen MR) is 83.8 cm³/mol. The minimum absolute atomic E-state index is 0.0880. The maximum atomic E-state index is 10.7. The highest BCUT2D eigenvalue weighted by Crippen LogP contribution is 2.30. The molecule has 21 heavy (non-hydrogen) atoms. The number of anilines is 1. The molecule has 0 saturated carbocycles. The van der Waals surface area contributed by atoms with Gasteiger partial charge in [-0.05, 0) is 17.9 Å². The second-order valence-corrected chi connectivity index (χ2v) is 6.16. The molecule has 2 rings (SSSR count). The fourth-order valence-corrected chi connectivity index (χ4v) is 3.29. The molecule has 1 aromatic rings. The van der Waals surface area contributed by atoms with E-state index in [0.717, 1.165) is 35.0 Å². The first-order valence-electron chi connectivity index (χ1n) is 7.00. The van der Waals surface area contributed by atoms with Crippen molar-refractivity contribution < 1.29 is 9.90 Å². The Kier molecular flexibility index (Phi) is 5.48. The van der Waals surface area contributed by atoms with Crippen LogP contribution in [-0.4, -0.2) is 54.5 Å². The van der Waals surface area contributed by atoms with E-state index in [1.807, 2.05) is 23.1 Å². The van der Waals surface area contributed by atoms with Gasteiger partial charge in [-0.3, -0.25) is 9.69 Å². The average Bonchev–Trinajstić information content (AvgIpc) is 2.47. The summed E-state index contributed by atoms with van der Waals surface area (Å²) in [5.41, 5.74) is 1.70. The lowest BCUT2D eigenvalue weighted by atomic mass is 10.1. The fraction of sp³-hybridized carbons (Fsp3) is 0.467. The third-order valence-electron chi connectivity index (χ3n) is 3.49. The SMILES string of the molecule is CCSc1cccc(N2CCN(CC(=O)O)CC2)c1C#N. The van der Waals surface area contributed by atoms with Crippen molar-refractivity contribution >= 4 is 23.4 Å². The van der Waals surface area contributed by atoms with Crippen molar-refractivity contribution in [2.75, 3.05) is 43.4 Å². The third kappa shape index (κ3) is 3.90. The smallest absolute Gasteiger partial charge is 0.317 e. The van der Waals surface area contributed by atoms with Gasteiger partial charge in [0, 0.05) is 31.1 Å². The lowest BCUT2D eigenvalue weighted by Crippen LogP contribution is -2.48. The summed E-state index contributed by atoms with van der Waals surface area (Å²) >= 11 is 1.68. The van der Waals surface area contributed by atoms with E-state index in [9.17, 15) is 10.1 Å². The zero-order valence-corrected chi connectivity index (χ0v) is 12.9. The zero-order valence-electron chi connectivity index (χ0n) is 12.1. The van der Waals surface area contributed by atoms with Crippen LogP contribution in [0.15, 0.2) is 23.1 Å². The van der Waals surface area contributed by atoms with Crippen LogP contribution in [-0.2, 0) is 4.79 Å². The molecule has 1 N–H and O–H groups in total. The van der Waals surface area contributed by atoms with Crippen LogP contribution in [0.1, 0.15) is 12.5 Å². The predicted octanol–water partition coefficient (Wildman–Crippen LogP) is 1.88. The van der Waals surface area contributed by atoms with E-state index in [1.54, 1.807) is 11.8 Å². The van der Waals surface area contributed by atoms with Crippen LogP contribution in [0.25, 0.3) is 0 Å². The largest absolute Gasteiger partial charge is 0.480 e. The number of nitrogens with zero attached hydrogens (tertiary/aromatic N) is 3. The maximum Gasteiger partial charge on any atom is 0.317 e. The first-order valence-corrected chi connectivity index (χ1v) is 7.99. The monoisotopic (exact) mass is 305 g/mol. The Morgan fingerprint density at radius 3 is 2.67 bits per heavy atom. The lowest BCUT2D eigenvalue weighted by molar-refractivity contribution is -0.138. The summed E-state index contributed by atoms with van der Waals surface area (Å²) in [6.45, 7) is 5.09. The van der Waals surface area contributed by atoms with Crippen LogP contribution >= 0.6 is 11.8 Å². The van der Waals surface area contributed by atoms with Crippen molar-refractivity contribution in [3.63, 3.8) is 0 Å². The Bertz CT molecular complexity index is 548. The normalized spacial score (nSPS) is 15.7. The molecule has 1 aliphatic heterocycles. The molecule has 6 heteroatoms. The first-order chi connectivity index (χ1) is 10.2. The number of benzene rings is 1. The minimum atomic E-state index is -0.789. The Morgan fingerprint density at radius 1 is 1.38 bits per heavy atom. The molecule has 5 nitrogen and oxygen atoms in total. The topological polar surface area (TPSA) is 67.6 Å². The fourth-order valence-electron chi connectivity index (χ4n) is 2.51. The van der Waals surface area contributed by atoms with E-state index < -0.39 is 5.97 Å². The second-order valence-electron chi connectivity index (χ2n) is 4.85. The van der Waals surface area contributed by atoms with Gasteiger partial charge in [0.25, 0.3) is 0 Å². The maximum absolute atomic E-state index is 10.7. The molecule has 0 bridgehead atoms. The molecule has 1 fully saturated rings. The molecular formula is C15H19N3O2S.